The molecule has 3 aliphatic rings. The van der Waals surface area contributed by atoms with Gasteiger partial charge in [-0.15, -0.1) is 0 Å². The summed E-state index contributed by atoms with van der Waals surface area (Å²) in [6.45, 7) is 10.5. The fraction of sp³-hybridized carbons (Fsp3) is 0.741. The van der Waals surface area contributed by atoms with Gasteiger partial charge in [-0.2, -0.15) is 5.26 Å². The molecule has 2 saturated heterocycles. The maximum atomic E-state index is 10.9. The van der Waals surface area contributed by atoms with Gasteiger partial charge in [0.1, 0.15) is 6.61 Å². The van der Waals surface area contributed by atoms with Gasteiger partial charge in [-0.3, -0.25) is 4.90 Å². The summed E-state index contributed by atoms with van der Waals surface area (Å²) in [4.78, 5) is 2.54. The molecule has 3 atom stereocenters. The zero-order chi connectivity index (χ0) is 24.3. The molecular weight excluding hydrogens is 432 g/mol. The second-order valence-corrected chi connectivity index (χ2v) is 11.2. The molecule has 0 aromatic heterocycles. The number of hydrogen-bond donors (Lipinski definition) is 1. The first kappa shape index (κ1) is 25.2. The summed E-state index contributed by atoms with van der Waals surface area (Å²) >= 11 is 0. The van der Waals surface area contributed by atoms with Crippen molar-refractivity contribution in [2.24, 2.45) is 11.3 Å². The second kappa shape index (κ2) is 10.4. The van der Waals surface area contributed by atoms with Crippen LogP contribution in [0.4, 0.5) is 0 Å². The van der Waals surface area contributed by atoms with Gasteiger partial charge in [-0.1, -0.05) is 20.8 Å². The Morgan fingerprint density at radius 2 is 1.97 bits per heavy atom. The number of nitriles is 1. The molecule has 7 nitrogen and oxygen atoms in total. The standard InChI is InChI=1S/C27H40N2O5/c1-26(2,3)16-20-17-29-8-5-19-13-25(24(31-4)14-21(19)22(29)15-23(20)30)33-11-12-34-27(18-28)6-9-32-10-7-27/h13-14,20,22-23,30H,5-12,15-17H2,1-4H3/t20-,22-,23-/m1/s1. The Kier molecular flexibility index (Phi) is 7.73. The Morgan fingerprint density at radius 1 is 1.21 bits per heavy atom. The molecule has 2 fully saturated rings. The average Bonchev–Trinajstić information content (AvgIpc) is 2.81. The van der Waals surface area contributed by atoms with E-state index in [4.69, 9.17) is 18.9 Å². The molecule has 3 aliphatic heterocycles. The highest BCUT2D eigenvalue weighted by atomic mass is 16.6. The van der Waals surface area contributed by atoms with Gasteiger partial charge in [0.15, 0.2) is 17.1 Å². The van der Waals surface area contributed by atoms with Gasteiger partial charge in [0.25, 0.3) is 0 Å². The van der Waals surface area contributed by atoms with Crippen molar-refractivity contribution in [1.29, 1.82) is 5.26 Å². The van der Waals surface area contributed by atoms with Crippen LogP contribution in [0.2, 0.25) is 0 Å². The van der Waals surface area contributed by atoms with Crippen LogP contribution in [0.1, 0.15) is 63.6 Å². The van der Waals surface area contributed by atoms with Crippen LogP contribution in [0.15, 0.2) is 12.1 Å². The lowest BCUT2D eigenvalue weighted by Crippen LogP contribution is -2.48. The summed E-state index contributed by atoms with van der Waals surface area (Å²) in [5.41, 5.74) is 1.95. The molecule has 1 aromatic rings. The summed E-state index contributed by atoms with van der Waals surface area (Å²) in [5, 5.41) is 20.5. The number of methoxy groups -OCH3 is 1. The molecule has 0 radical (unpaired) electrons. The summed E-state index contributed by atoms with van der Waals surface area (Å²) < 4.78 is 23.0. The van der Waals surface area contributed by atoms with Crippen molar-refractivity contribution in [2.45, 2.75) is 70.6 Å². The third-order valence-electron chi connectivity index (χ3n) is 7.47. The highest BCUT2D eigenvalue weighted by molar-refractivity contribution is 5.49. The number of aliphatic hydroxyl groups is 1. The molecular formula is C27H40N2O5. The fourth-order valence-electron chi connectivity index (χ4n) is 5.74. The first-order valence-electron chi connectivity index (χ1n) is 12.6. The Labute approximate surface area is 203 Å². The van der Waals surface area contributed by atoms with Gasteiger partial charge in [0.05, 0.1) is 39.1 Å². The molecule has 1 aromatic carbocycles. The van der Waals surface area contributed by atoms with Crippen LogP contribution in [-0.4, -0.2) is 68.3 Å². The average molecular weight is 473 g/mol. The predicted molar refractivity (Wildman–Crippen MR) is 129 cm³/mol. The largest absolute Gasteiger partial charge is 0.493 e. The smallest absolute Gasteiger partial charge is 0.161 e. The molecule has 34 heavy (non-hydrogen) atoms. The minimum atomic E-state index is -0.766. The zero-order valence-electron chi connectivity index (χ0n) is 21.1. The van der Waals surface area contributed by atoms with E-state index in [0.29, 0.717) is 56.7 Å². The van der Waals surface area contributed by atoms with Crippen LogP contribution in [0, 0.1) is 22.7 Å². The summed E-state index contributed by atoms with van der Waals surface area (Å²) in [7, 11) is 1.66. The Bertz CT molecular complexity index is 884. The minimum Gasteiger partial charge on any atom is -0.493 e. The second-order valence-electron chi connectivity index (χ2n) is 11.2. The van der Waals surface area contributed by atoms with Crippen molar-refractivity contribution in [3.05, 3.63) is 23.3 Å². The highest BCUT2D eigenvalue weighted by Crippen LogP contribution is 2.44. The monoisotopic (exact) mass is 472 g/mol. The fourth-order valence-corrected chi connectivity index (χ4v) is 5.74. The van der Waals surface area contributed by atoms with Gasteiger partial charge in [-0.05, 0) is 53.9 Å². The van der Waals surface area contributed by atoms with E-state index < -0.39 is 5.60 Å². The SMILES string of the molecule is COc1cc2c(cc1OCCOC1(C#N)CCOCC1)CCN1C[C@@H](CC(C)(C)C)[C@H](O)C[C@H]21. The van der Waals surface area contributed by atoms with Crippen molar-refractivity contribution in [2.75, 3.05) is 46.6 Å². The van der Waals surface area contributed by atoms with Crippen molar-refractivity contribution < 1.29 is 24.1 Å². The van der Waals surface area contributed by atoms with Crippen LogP contribution in [0.25, 0.3) is 0 Å². The van der Waals surface area contributed by atoms with Gasteiger partial charge in [0.2, 0.25) is 0 Å². The van der Waals surface area contributed by atoms with E-state index >= 15 is 0 Å². The predicted octanol–water partition coefficient (Wildman–Crippen LogP) is 3.88. The van der Waals surface area contributed by atoms with E-state index in [1.54, 1.807) is 7.11 Å². The maximum Gasteiger partial charge on any atom is 0.161 e. The molecule has 0 bridgehead atoms. The van der Waals surface area contributed by atoms with Crippen LogP contribution < -0.4 is 9.47 Å². The first-order chi connectivity index (χ1) is 16.2. The molecule has 4 rings (SSSR count). The summed E-state index contributed by atoms with van der Waals surface area (Å²) in [5.74, 6) is 1.72. The minimum absolute atomic E-state index is 0.211. The third kappa shape index (κ3) is 5.68. The van der Waals surface area contributed by atoms with Crippen LogP contribution in [0.5, 0.6) is 11.5 Å². The van der Waals surface area contributed by atoms with Crippen LogP contribution in [0.3, 0.4) is 0 Å². The van der Waals surface area contributed by atoms with Crippen molar-refractivity contribution >= 4 is 0 Å². The van der Waals surface area contributed by atoms with Crippen molar-refractivity contribution in [1.82, 2.24) is 4.90 Å². The van der Waals surface area contributed by atoms with Crippen LogP contribution >= 0.6 is 0 Å². The number of rotatable bonds is 7. The quantitative estimate of drug-likeness (QED) is 0.603. The number of hydrogen-bond acceptors (Lipinski definition) is 7. The molecule has 3 heterocycles. The van der Waals surface area contributed by atoms with E-state index in [2.05, 4.69) is 43.9 Å². The first-order valence-corrected chi connectivity index (χ1v) is 12.6. The zero-order valence-corrected chi connectivity index (χ0v) is 21.1. The molecule has 188 valence electrons. The lowest BCUT2D eigenvalue weighted by atomic mass is 9.75. The van der Waals surface area contributed by atoms with E-state index in [1.807, 2.05) is 0 Å². The topological polar surface area (TPSA) is 84.2 Å². The molecule has 0 unspecified atom stereocenters. The molecule has 0 aliphatic carbocycles. The van der Waals surface area contributed by atoms with Gasteiger partial charge >= 0.3 is 0 Å². The lowest BCUT2D eigenvalue weighted by Gasteiger charge is -2.47. The van der Waals surface area contributed by atoms with Crippen molar-refractivity contribution in [3.63, 3.8) is 0 Å². The molecule has 0 saturated carbocycles. The van der Waals surface area contributed by atoms with Gasteiger partial charge < -0.3 is 24.1 Å². The van der Waals surface area contributed by atoms with E-state index in [0.717, 1.165) is 32.4 Å². The number of ether oxygens (including phenoxy) is 4. The number of nitrogens with zero attached hydrogens (tertiary/aromatic N) is 2. The Hall–Kier alpha value is -1.85. The molecule has 0 spiro atoms. The number of piperidine rings is 1. The summed E-state index contributed by atoms with van der Waals surface area (Å²) in [6.07, 6.45) is 3.63. The third-order valence-corrected chi connectivity index (χ3v) is 7.47. The highest BCUT2D eigenvalue weighted by Gasteiger charge is 2.40. The molecule has 1 N–H and O–H groups in total. The van der Waals surface area contributed by atoms with E-state index in [-0.39, 0.29) is 17.6 Å². The maximum absolute atomic E-state index is 10.9. The van der Waals surface area contributed by atoms with E-state index in [9.17, 15) is 10.4 Å². The van der Waals surface area contributed by atoms with Gasteiger partial charge in [-0.25, -0.2) is 0 Å². The Morgan fingerprint density at radius 3 is 2.65 bits per heavy atom. The Balaban J connectivity index is 1.41. The number of fused-ring (bicyclic) bond motifs is 3. The van der Waals surface area contributed by atoms with Gasteiger partial charge in [0, 0.05) is 32.0 Å². The van der Waals surface area contributed by atoms with Crippen LogP contribution in [-0.2, 0) is 15.9 Å². The number of aliphatic hydroxyl groups excluding tert-OH is 1. The van der Waals surface area contributed by atoms with Crippen molar-refractivity contribution in [3.8, 4) is 17.6 Å². The molecule has 0 amide bonds. The summed E-state index contributed by atoms with van der Waals surface area (Å²) in [6, 6.07) is 6.71. The molecule has 7 heteroatoms. The van der Waals surface area contributed by atoms with E-state index in [1.165, 1.54) is 11.1 Å². The number of benzene rings is 1. The normalized spacial score (nSPS) is 26.8. The lowest BCUT2D eigenvalue weighted by molar-refractivity contribution is -0.0816.